The van der Waals surface area contributed by atoms with Crippen molar-refractivity contribution in [3.8, 4) is 0 Å². The minimum absolute atomic E-state index is 0.410. The molecule has 1 aromatic carbocycles. The van der Waals surface area contributed by atoms with Crippen LogP contribution in [0.2, 0.25) is 0 Å². The van der Waals surface area contributed by atoms with Crippen molar-refractivity contribution in [1.29, 1.82) is 0 Å². The van der Waals surface area contributed by atoms with Crippen LogP contribution in [0.1, 0.15) is 5.56 Å². The summed E-state index contributed by atoms with van der Waals surface area (Å²) >= 11 is 3.48. The number of fused-ring (bicyclic) bond motifs is 1. The van der Waals surface area contributed by atoms with E-state index >= 15 is 0 Å². The highest BCUT2D eigenvalue weighted by atomic mass is 79.9. The second-order valence-corrected chi connectivity index (χ2v) is 4.79. The van der Waals surface area contributed by atoms with Gasteiger partial charge in [0, 0.05) is 22.5 Å². The number of hydrogen-bond acceptors (Lipinski definition) is 4. The van der Waals surface area contributed by atoms with E-state index in [0.717, 1.165) is 20.9 Å². The molecule has 0 fully saturated rings. The van der Waals surface area contributed by atoms with Crippen LogP contribution >= 0.6 is 15.9 Å². The summed E-state index contributed by atoms with van der Waals surface area (Å²) in [5, 5.41) is 1.01. The Balaban J connectivity index is 2.40. The highest BCUT2D eigenvalue weighted by molar-refractivity contribution is 9.10. The normalized spacial score (nSPS) is 12.4. The Morgan fingerprint density at radius 1 is 1.50 bits per heavy atom. The van der Waals surface area contributed by atoms with Crippen molar-refractivity contribution in [1.82, 2.24) is 4.98 Å². The number of pyridine rings is 1. The number of halogens is 1. The van der Waals surface area contributed by atoms with Crippen molar-refractivity contribution in [3.63, 3.8) is 0 Å². The van der Waals surface area contributed by atoms with Crippen LogP contribution in [-0.2, 0) is 16.0 Å². The molecule has 0 spiro atoms. The third kappa shape index (κ3) is 2.52. The smallest absolute Gasteiger partial charge is 0.322 e. The quantitative estimate of drug-likeness (QED) is 0.881. The molecule has 0 unspecified atom stereocenters. The van der Waals surface area contributed by atoms with E-state index in [1.165, 1.54) is 7.11 Å². The summed E-state index contributed by atoms with van der Waals surface area (Å²) in [5.41, 5.74) is 7.56. The first-order valence-corrected chi connectivity index (χ1v) is 6.28. The summed E-state index contributed by atoms with van der Waals surface area (Å²) in [6, 6.07) is 7.03. The van der Waals surface area contributed by atoms with Crippen molar-refractivity contribution in [3.05, 3.63) is 40.5 Å². The summed E-state index contributed by atoms with van der Waals surface area (Å²) in [7, 11) is 1.33. The molecule has 2 aromatic rings. The van der Waals surface area contributed by atoms with Crippen LogP contribution in [0.4, 0.5) is 0 Å². The fourth-order valence-electron chi connectivity index (χ4n) is 1.83. The zero-order valence-corrected chi connectivity index (χ0v) is 11.5. The lowest BCUT2D eigenvalue weighted by atomic mass is 10.0. The number of benzene rings is 1. The maximum absolute atomic E-state index is 11.3. The van der Waals surface area contributed by atoms with E-state index in [9.17, 15) is 4.79 Å². The van der Waals surface area contributed by atoms with E-state index in [2.05, 4.69) is 25.7 Å². The van der Waals surface area contributed by atoms with Gasteiger partial charge < -0.3 is 10.5 Å². The van der Waals surface area contributed by atoms with Gasteiger partial charge in [-0.25, -0.2) is 0 Å². The molecule has 1 heterocycles. The minimum Gasteiger partial charge on any atom is -0.468 e. The van der Waals surface area contributed by atoms with Gasteiger partial charge >= 0.3 is 5.97 Å². The van der Waals surface area contributed by atoms with Crippen molar-refractivity contribution >= 4 is 32.8 Å². The van der Waals surface area contributed by atoms with Gasteiger partial charge in [-0.2, -0.15) is 0 Å². The molecule has 1 aromatic heterocycles. The largest absolute Gasteiger partial charge is 0.468 e. The zero-order chi connectivity index (χ0) is 13.1. The predicted molar refractivity (Wildman–Crippen MR) is 73.1 cm³/mol. The highest BCUT2D eigenvalue weighted by Crippen LogP contribution is 2.25. The number of methoxy groups -OCH3 is 1. The molecule has 0 bridgehead atoms. The second kappa shape index (κ2) is 5.46. The van der Waals surface area contributed by atoms with Gasteiger partial charge in [0.2, 0.25) is 0 Å². The summed E-state index contributed by atoms with van der Waals surface area (Å²) in [4.78, 5) is 15.7. The topological polar surface area (TPSA) is 65.2 Å². The molecule has 0 saturated carbocycles. The molecule has 5 heteroatoms. The molecule has 18 heavy (non-hydrogen) atoms. The van der Waals surface area contributed by atoms with E-state index in [-0.39, 0.29) is 0 Å². The Morgan fingerprint density at radius 2 is 2.28 bits per heavy atom. The lowest BCUT2D eigenvalue weighted by Gasteiger charge is -2.11. The van der Waals surface area contributed by atoms with Crippen molar-refractivity contribution in [2.45, 2.75) is 12.5 Å². The van der Waals surface area contributed by atoms with Crippen LogP contribution in [-0.4, -0.2) is 24.1 Å². The Bertz CT molecular complexity index is 586. The first-order chi connectivity index (χ1) is 8.63. The number of rotatable bonds is 3. The first-order valence-electron chi connectivity index (χ1n) is 5.49. The lowest BCUT2D eigenvalue weighted by Crippen LogP contribution is -2.33. The standard InChI is InChI=1S/C13H13BrN2O2/c1-18-13(17)11(15)7-8-4-5-10(14)9-3-2-6-16-12(8)9/h2-6,11H,7,15H2,1H3/t11-/m1/s1. The molecule has 0 aliphatic carbocycles. The third-order valence-electron chi connectivity index (χ3n) is 2.74. The van der Waals surface area contributed by atoms with Gasteiger partial charge in [0.15, 0.2) is 0 Å². The van der Waals surface area contributed by atoms with Gasteiger partial charge in [0.25, 0.3) is 0 Å². The van der Waals surface area contributed by atoms with Crippen LogP contribution < -0.4 is 5.73 Å². The molecule has 94 valence electrons. The molecule has 0 saturated heterocycles. The molecular weight excluding hydrogens is 296 g/mol. The first kappa shape index (κ1) is 13.0. The number of ether oxygens (including phenoxy) is 1. The number of carbonyl (C=O) groups excluding carboxylic acids is 1. The van der Waals surface area contributed by atoms with Gasteiger partial charge in [-0.1, -0.05) is 28.1 Å². The Kier molecular flexibility index (Phi) is 3.93. The number of carbonyl (C=O) groups is 1. The van der Waals surface area contributed by atoms with Crippen molar-refractivity contribution < 1.29 is 9.53 Å². The Morgan fingerprint density at radius 3 is 3.00 bits per heavy atom. The average Bonchev–Trinajstić information content (AvgIpc) is 2.41. The van der Waals surface area contributed by atoms with Crippen LogP contribution in [0.15, 0.2) is 34.9 Å². The third-order valence-corrected chi connectivity index (χ3v) is 3.44. The average molecular weight is 309 g/mol. The summed E-state index contributed by atoms with van der Waals surface area (Å²) in [6.45, 7) is 0. The van der Waals surface area contributed by atoms with E-state index in [4.69, 9.17) is 5.73 Å². The number of nitrogens with two attached hydrogens (primary N) is 1. The fraction of sp³-hybridized carbons (Fsp3) is 0.231. The van der Waals surface area contributed by atoms with Gasteiger partial charge in [-0.3, -0.25) is 9.78 Å². The summed E-state index contributed by atoms with van der Waals surface area (Å²) in [5.74, 6) is -0.415. The number of nitrogens with zero attached hydrogens (tertiary/aromatic N) is 1. The monoisotopic (exact) mass is 308 g/mol. The number of esters is 1. The Hall–Kier alpha value is -1.46. The van der Waals surface area contributed by atoms with E-state index < -0.39 is 12.0 Å². The molecule has 2 N–H and O–H groups in total. The summed E-state index contributed by atoms with van der Waals surface area (Å²) in [6.07, 6.45) is 2.13. The van der Waals surface area contributed by atoms with Crippen LogP contribution in [0.3, 0.4) is 0 Å². The predicted octanol–water partition coefficient (Wildman–Crippen LogP) is 2.04. The van der Waals surface area contributed by atoms with Crippen molar-refractivity contribution in [2.24, 2.45) is 5.73 Å². The minimum atomic E-state index is -0.665. The van der Waals surface area contributed by atoms with Gasteiger partial charge in [-0.05, 0) is 17.7 Å². The molecule has 0 radical (unpaired) electrons. The van der Waals surface area contributed by atoms with E-state index in [1.54, 1.807) is 6.20 Å². The molecule has 1 atom stereocenters. The molecule has 0 amide bonds. The van der Waals surface area contributed by atoms with E-state index in [0.29, 0.717) is 6.42 Å². The molecule has 2 rings (SSSR count). The molecule has 0 aliphatic heterocycles. The maximum atomic E-state index is 11.3. The summed E-state index contributed by atoms with van der Waals surface area (Å²) < 4.78 is 5.60. The molecule has 0 aliphatic rings. The maximum Gasteiger partial charge on any atom is 0.322 e. The molecule has 4 nitrogen and oxygen atoms in total. The SMILES string of the molecule is COC(=O)[C@H](N)Cc1ccc(Br)c2cccnc12. The van der Waals surface area contributed by atoms with Crippen LogP contribution in [0.5, 0.6) is 0 Å². The number of hydrogen-bond donors (Lipinski definition) is 1. The highest BCUT2D eigenvalue weighted by Gasteiger charge is 2.16. The number of aromatic nitrogens is 1. The van der Waals surface area contributed by atoms with Crippen LogP contribution in [0, 0.1) is 0 Å². The van der Waals surface area contributed by atoms with E-state index in [1.807, 2.05) is 24.3 Å². The van der Waals surface area contributed by atoms with Gasteiger partial charge in [0.1, 0.15) is 6.04 Å². The zero-order valence-electron chi connectivity index (χ0n) is 9.89. The fourth-order valence-corrected chi connectivity index (χ4v) is 2.28. The second-order valence-electron chi connectivity index (χ2n) is 3.94. The Labute approximate surface area is 113 Å². The van der Waals surface area contributed by atoms with Crippen LogP contribution in [0.25, 0.3) is 10.9 Å². The molecular formula is C13H13BrN2O2. The van der Waals surface area contributed by atoms with Gasteiger partial charge in [-0.15, -0.1) is 0 Å². The van der Waals surface area contributed by atoms with Crippen molar-refractivity contribution in [2.75, 3.05) is 7.11 Å². The van der Waals surface area contributed by atoms with Gasteiger partial charge in [0.05, 0.1) is 12.6 Å². The lowest BCUT2D eigenvalue weighted by molar-refractivity contribution is -0.142.